The van der Waals surface area contributed by atoms with Crippen molar-refractivity contribution >= 4 is 28.2 Å². The minimum Gasteiger partial charge on any atom is -0.117 e. The van der Waals surface area contributed by atoms with E-state index in [2.05, 4.69) is 48.5 Å². The molecule has 0 heterocycles. The molecule has 0 aliphatic rings. The molecule has 0 aliphatic carbocycles. The van der Waals surface area contributed by atoms with Crippen molar-refractivity contribution in [3.05, 3.63) is 60.2 Å². The lowest BCUT2D eigenvalue weighted by molar-refractivity contribution is 1.61. The number of thioether (sulfide) groups is 1. The Morgan fingerprint density at radius 2 is 1.62 bits per heavy atom. The van der Waals surface area contributed by atoms with Crippen LogP contribution in [0.5, 0.6) is 0 Å². The number of thiocarbonyl (C=S) groups is 1. The molecule has 0 atom stereocenters. The molecule has 0 N–H and O–H groups in total. The van der Waals surface area contributed by atoms with Crippen LogP contribution < -0.4 is 0 Å². The Hall–Kier alpha value is -1.12. The predicted molar refractivity (Wildman–Crippen MR) is 77.1 cm³/mol. The van der Waals surface area contributed by atoms with Gasteiger partial charge in [0.05, 0.1) is 4.20 Å². The number of rotatable bonds is 2. The maximum absolute atomic E-state index is 5.29. The molecule has 0 saturated carbocycles. The van der Waals surface area contributed by atoms with Gasteiger partial charge in [0, 0.05) is 0 Å². The Morgan fingerprint density at radius 3 is 2.31 bits per heavy atom. The van der Waals surface area contributed by atoms with Gasteiger partial charge in [-0.05, 0) is 29.0 Å². The van der Waals surface area contributed by atoms with E-state index in [0.29, 0.717) is 0 Å². The fourth-order valence-electron chi connectivity index (χ4n) is 1.57. The zero-order valence-corrected chi connectivity index (χ0v) is 10.6. The summed E-state index contributed by atoms with van der Waals surface area (Å²) in [7, 11) is 0. The van der Waals surface area contributed by atoms with Crippen molar-refractivity contribution in [3.8, 4) is 11.1 Å². The van der Waals surface area contributed by atoms with Gasteiger partial charge in [0.25, 0.3) is 0 Å². The van der Waals surface area contributed by atoms with Gasteiger partial charge in [0.1, 0.15) is 0 Å². The van der Waals surface area contributed by atoms with Crippen LogP contribution in [0.4, 0.5) is 0 Å². The second-order valence-corrected chi connectivity index (χ2v) is 4.92. The summed E-state index contributed by atoms with van der Waals surface area (Å²) >= 11 is 6.91. The van der Waals surface area contributed by atoms with Crippen molar-refractivity contribution in [2.24, 2.45) is 0 Å². The number of hydrogen-bond acceptors (Lipinski definition) is 2. The van der Waals surface area contributed by atoms with Gasteiger partial charge in [-0.1, -0.05) is 60.7 Å². The highest BCUT2D eigenvalue weighted by molar-refractivity contribution is 8.23. The Morgan fingerprint density at radius 1 is 0.938 bits per heavy atom. The van der Waals surface area contributed by atoms with Crippen LogP contribution in [0.2, 0.25) is 0 Å². The van der Waals surface area contributed by atoms with Crippen molar-refractivity contribution in [2.45, 2.75) is 0 Å². The predicted octanol–water partition coefficient (Wildman–Crippen LogP) is 4.39. The summed E-state index contributed by atoms with van der Waals surface area (Å²) in [5.74, 6) is 0. The van der Waals surface area contributed by atoms with Gasteiger partial charge in [-0.3, -0.25) is 0 Å². The average molecular weight is 244 g/mol. The molecule has 0 nitrogen and oxygen atoms in total. The minimum absolute atomic E-state index is 0.942. The maximum atomic E-state index is 5.29. The Bertz CT molecular complexity index is 489. The van der Waals surface area contributed by atoms with E-state index in [1.54, 1.807) is 11.8 Å². The Labute approximate surface area is 106 Å². The second-order valence-electron chi connectivity index (χ2n) is 3.44. The van der Waals surface area contributed by atoms with E-state index in [9.17, 15) is 0 Å². The fourth-order valence-corrected chi connectivity index (χ4v) is 2.06. The van der Waals surface area contributed by atoms with E-state index in [4.69, 9.17) is 12.2 Å². The summed E-state index contributed by atoms with van der Waals surface area (Å²) in [6, 6.07) is 18.7. The van der Waals surface area contributed by atoms with Crippen LogP contribution in [0.3, 0.4) is 0 Å². The molecule has 0 fully saturated rings. The second kappa shape index (κ2) is 5.28. The van der Waals surface area contributed by atoms with Crippen molar-refractivity contribution < 1.29 is 0 Å². The molecule has 80 valence electrons. The van der Waals surface area contributed by atoms with Gasteiger partial charge >= 0.3 is 0 Å². The number of hydrogen-bond donors (Lipinski definition) is 0. The third-order valence-corrected chi connectivity index (χ3v) is 3.73. The van der Waals surface area contributed by atoms with Crippen LogP contribution in [0.25, 0.3) is 11.1 Å². The summed E-state index contributed by atoms with van der Waals surface area (Å²) in [6.07, 6.45) is 2.01. The largest absolute Gasteiger partial charge is 0.117 e. The molecule has 2 aromatic carbocycles. The fraction of sp³-hybridized carbons (Fsp3) is 0.0714. The number of benzene rings is 2. The van der Waals surface area contributed by atoms with Crippen LogP contribution >= 0.6 is 24.0 Å². The van der Waals surface area contributed by atoms with E-state index >= 15 is 0 Å². The van der Waals surface area contributed by atoms with Crippen LogP contribution in [0.15, 0.2) is 54.6 Å². The zero-order valence-electron chi connectivity index (χ0n) is 9.01. The molecule has 0 saturated heterocycles. The lowest BCUT2D eigenvalue weighted by Crippen LogP contribution is -1.90. The lowest BCUT2D eigenvalue weighted by Gasteiger charge is -2.05. The average Bonchev–Trinajstić information content (AvgIpc) is 2.39. The molecule has 0 radical (unpaired) electrons. The summed E-state index contributed by atoms with van der Waals surface area (Å²) in [4.78, 5) is 0. The van der Waals surface area contributed by atoms with Gasteiger partial charge in [0.15, 0.2) is 0 Å². The van der Waals surface area contributed by atoms with Gasteiger partial charge in [0.2, 0.25) is 0 Å². The molecular formula is C14H12S2. The van der Waals surface area contributed by atoms with Crippen LogP contribution in [-0.4, -0.2) is 10.5 Å². The minimum atomic E-state index is 0.942. The third-order valence-electron chi connectivity index (χ3n) is 2.39. The summed E-state index contributed by atoms with van der Waals surface area (Å²) in [6.45, 7) is 0. The van der Waals surface area contributed by atoms with E-state index in [-0.39, 0.29) is 0 Å². The lowest BCUT2D eigenvalue weighted by atomic mass is 10.0. The van der Waals surface area contributed by atoms with E-state index in [1.807, 2.05) is 12.3 Å². The SMILES string of the molecule is CSC(=S)c1cccc(-c2ccccc2)c1. The molecule has 0 aromatic heterocycles. The van der Waals surface area contributed by atoms with Gasteiger partial charge in [-0.2, -0.15) is 0 Å². The first-order valence-corrected chi connectivity index (χ1v) is 6.68. The third kappa shape index (κ3) is 2.52. The smallest absolute Gasteiger partial charge is 0.0775 e. The quantitative estimate of drug-likeness (QED) is 0.718. The highest BCUT2D eigenvalue weighted by atomic mass is 32.2. The van der Waals surface area contributed by atoms with Crippen molar-refractivity contribution in [3.63, 3.8) is 0 Å². The molecule has 0 bridgehead atoms. The molecule has 2 aromatic rings. The normalized spacial score (nSPS) is 10.1. The van der Waals surface area contributed by atoms with E-state index in [0.717, 1.165) is 9.76 Å². The molecule has 0 amide bonds. The van der Waals surface area contributed by atoms with E-state index in [1.165, 1.54) is 11.1 Å². The summed E-state index contributed by atoms with van der Waals surface area (Å²) < 4.78 is 0.942. The van der Waals surface area contributed by atoms with Crippen molar-refractivity contribution in [1.29, 1.82) is 0 Å². The highest BCUT2D eigenvalue weighted by Crippen LogP contribution is 2.22. The molecule has 0 aliphatic heterocycles. The molecule has 0 spiro atoms. The highest BCUT2D eigenvalue weighted by Gasteiger charge is 2.01. The van der Waals surface area contributed by atoms with E-state index < -0.39 is 0 Å². The molecular weight excluding hydrogens is 232 g/mol. The van der Waals surface area contributed by atoms with Gasteiger partial charge in [-0.15, -0.1) is 11.8 Å². The Balaban J connectivity index is 2.40. The molecule has 0 unspecified atom stereocenters. The standard InChI is InChI=1S/C14H12S2/c1-16-14(15)13-9-5-8-12(10-13)11-6-3-2-4-7-11/h2-10H,1H3. The topological polar surface area (TPSA) is 0 Å². The van der Waals surface area contributed by atoms with Crippen LogP contribution in [0.1, 0.15) is 5.56 Å². The van der Waals surface area contributed by atoms with Crippen molar-refractivity contribution in [1.82, 2.24) is 0 Å². The first-order valence-electron chi connectivity index (χ1n) is 5.05. The molecule has 2 heteroatoms. The first-order chi connectivity index (χ1) is 7.81. The van der Waals surface area contributed by atoms with Gasteiger partial charge < -0.3 is 0 Å². The summed E-state index contributed by atoms with van der Waals surface area (Å²) in [5, 5.41) is 0. The maximum Gasteiger partial charge on any atom is 0.0775 e. The van der Waals surface area contributed by atoms with Crippen LogP contribution in [0, 0.1) is 0 Å². The summed E-state index contributed by atoms with van der Waals surface area (Å²) in [5.41, 5.74) is 3.58. The first kappa shape index (κ1) is 11.4. The van der Waals surface area contributed by atoms with Crippen molar-refractivity contribution in [2.75, 3.05) is 6.26 Å². The monoisotopic (exact) mass is 244 g/mol. The Kier molecular flexibility index (Phi) is 3.75. The molecule has 2 rings (SSSR count). The van der Waals surface area contributed by atoms with Gasteiger partial charge in [-0.25, -0.2) is 0 Å². The zero-order chi connectivity index (χ0) is 11.4. The molecule has 16 heavy (non-hydrogen) atoms. The van der Waals surface area contributed by atoms with Crippen LogP contribution in [-0.2, 0) is 0 Å².